The molecule has 0 amide bonds. The molecule has 0 bridgehead atoms. The van der Waals surface area contributed by atoms with Crippen LogP contribution >= 0.6 is 11.8 Å². The number of hydrogen-bond donors (Lipinski definition) is 1. The number of nitrogens with zero attached hydrogens (tertiary/aromatic N) is 1. The highest BCUT2D eigenvalue weighted by Gasteiger charge is 2.05. The molecular formula is C12H14N2O2S. The van der Waals surface area contributed by atoms with Crippen LogP contribution in [0.15, 0.2) is 33.9 Å². The van der Waals surface area contributed by atoms with E-state index in [1.54, 1.807) is 36.0 Å². The van der Waals surface area contributed by atoms with Crippen LogP contribution < -0.4 is 11.2 Å². The van der Waals surface area contributed by atoms with Crippen LogP contribution in [0.25, 0.3) is 10.9 Å². The second-order valence-corrected chi connectivity index (χ2v) is 4.76. The number of rotatable bonds is 4. The van der Waals surface area contributed by atoms with Gasteiger partial charge in [0.2, 0.25) is 0 Å². The molecule has 1 aromatic heterocycles. The molecule has 1 heterocycles. The summed E-state index contributed by atoms with van der Waals surface area (Å²) in [4.78, 5) is 26.6. The summed E-state index contributed by atoms with van der Waals surface area (Å²) in [5.41, 5.74) is 0.0730. The molecule has 0 aliphatic heterocycles. The summed E-state index contributed by atoms with van der Waals surface area (Å²) in [6.07, 6.45) is 2.83. The van der Waals surface area contributed by atoms with Gasteiger partial charge in [0, 0.05) is 6.54 Å². The van der Waals surface area contributed by atoms with E-state index in [2.05, 4.69) is 4.98 Å². The van der Waals surface area contributed by atoms with Crippen LogP contribution in [0.5, 0.6) is 0 Å². The van der Waals surface area contributed by atoms with Gasteiger partial charge < -0.3 is 4.98 Å². The van der Waals surface area contributed by atoms with E-state index in [0.29, 0.717) is 17.4 Å². The van der Waals surface area contributed by atoms with Crippen molar-refractivity contribution in [1.29, 1.82) is 0 Å². The molecular weight excluding hydrogens is 236 g/mol. The van der Waals surface area contributed by atoms with E-state index >= 15 is 0 Å². The topological polar surface area (TPSA) is 54.9 Å². The van der Waals surface area contributed by atoms with Gasteiger partial charge in [-0.25, -0.2) is 4.79 Å². The lowest BCUT2D eigenvalue weighted by Gasteiger charge is -2.05. The Morgan fingerprint density at radius 2 is 2.06 bits per heavy atom. The van der Waals surface area contributed by atoms with Crippen LogP contribution in [0.4, 0.5) is 0 Å². The third-order valence-electron chi connectivity index (χ3n) is 2.62. The van der Waals surface area contributed by atoms with E-state index in [4.69, 9.17) is 0 Å². The molecule has 1 N–H and O–H groups in total. The lowest BCUT2D eigenvalue weighted by Crippen LogP contribution is -2.35. The molecule has 0 fully saturated rings. The average Bonchev–Trinajstić information content (AvgIpc) is 2.33. The summed E-state index contributed by atoms with van der Waals surface area (Å²) in [7, 11) is 0. The van der Waals surface area contributed by atoms with Gasteiger partial charge in [0.1, 0.15) is 0 Å². The number of aromatic nitrogens is 2. The first-order chi connectivity index (χ1) is 8.24. The van der Waals surface area contributed by atoms with Crippen LogP contribution in [0, 0.1) is 0 Å². The zero-order valence-corrected chi connectivity index (χ0v) is 10.4. The summed E-state index contributed by atoms with van der Waals surface area (Å²) in [5.74, 6) is 0.943. The van der Waals surface area contributed by atoms with Gasteiger partial charge >= 0.3 is 5.69 Å². The molecule has 0 aliphatic carbocycles. The third kappa shape index (κ3) is 2.44. The Morgan fingerprint density at radius 1 is 1.29 bits per heavy atom. The minimum atomic E-state index is -0.324. The highest BCUT2D eigenvalue weighted by atomic mass is 32.2. The highest BCUT2D eigenvalue weighted by Crippen LogP contribution is 2.03. The predicted octanol–water partition coefficient (Wildman–Crippen LogP) is 1.44. The SMILES string of the molecule is CSCCCn1c(=O)[nH]c2ccccc2c1=O. The van der Waals surface area contributed by atoms with Gasteiger partial charge in [-0.2, -0.15) is 11.8 Å². The monoisotopic (exact) mass is 250 g/mol. The van der Waals surface area contributed by atoms with Gasteiger partial charge in [-0.3, -0.25) is 9.36 Å². The van der Waals surface area contributed by atoms with Gasteiger partial charge in [-0.15, -0.1) is 0 Å². The van der Waals surface area contributed by atoms with Gasteiger partial charge in [0.25, 0.3) is 5.56 Å². The third-order valence-corrected chi connectivity index (χ3v) is 3.32. The zero-order valence-electron chi connectivity index (χ0n) is 9.60. The number of para-hydroxylation sites is 1. The number of H-pyrrole nitrogens is 1. The maximum Gasteiger partial charge on any atom is 0.328 e. The Morgan fingerprint density at radius 3 is 2.82 bits per heavy atom. The average molecular weight is 250 g/mol. The first-order valence-electron chi connectivity index (χ1n) is 5.45. The van der Waals surface area contributed by atoms with E-state index < -0.39 is 0 Å². The molecule has 5 heteroatoms. The lowest BCUT2D eigenvalue weighted by molar-refractivity contribution is 0.627. The molecule has 0 aliphatic rings. The summed E-state index contributed by atoms with van der Waals surface area (Å²) in [5, 5.41) is 0.566. The molecule has 0 radical (unpaired) electrons. The number of hydrogen-bond acceptors (Lipinski definition) is 3. The van der Waals surface area contributed by atoms with E-state index in [9.17, 15) is 9.59 Å². The number of thioether (sulfide) groups is 1. The Kier molecular flexibility index (Phi) is 3.68. The summed E-state index contributed by atoms with van der Waals surface area (Å²) < 4.78 is 1.28. The fourth-order valence-corrected chi connectivity index (χ4v) is 2.19. The Balaban J connectivity index is 2.49. The summed E-state index contributed by atoms with van der Waals surface area (Å²) in [6, 6.07) is 7.08. The van der Waals surface area contributed by atoms with Crippen molar-refractivity contribution in [3.05, 3.63) is 45.1 Å². The van der Waals surface area contributed by atoms with Crippen molar-refractivity contribution in [3.63, 3.8) is 0 Å². The van der Waals surface area contributed by atoms with Crippen LogP contribution in [0.3, 0.4) is 0 Å². The minimum Gasteiger partial charge on any atom is -0.307 e. The van der Waals surface area contributed by atoms with Gasteiger partial charge in [-0.1, -0.05) is 12.1 Å². The smallest absolute Gasteiger partial charge is 0.307 e. The molecule has 17 heavy (non-hydrogen) atoms. The second kappa shape index (κ2) is 5.23. The van der Waals surface area contributed by atoms with Crippen molar-refractivity contribution >= 4 is 22.7 Å². The van der Waals surface area contributed by atoms with Crippen molar-refractivity contribution in [2.75, 3.05) is 12.0 Å². The molecule has 4 nitrogen and oxygen atoms in total. The molecule has 0 saturated carbocycles. The molecule has 90 valence electrons. The zero-order chi connectivity index (χ0) is 12.3. The molecule has 2 aromatic rings. The second-order valence-electron chi connectivity index (χ2n) is 3.78. The molecule has 0 unspecified atom stereocenters. The number of nitrogens with one attached hydrogen (secondary N) is 1. The van der Waals surface area contributed by atoms with Gasteiger partial charge in [-0.05, 0) is 30.6 Å². The van der Waals surface area contributed by atoms with E-state index in [-0.39, 0.29) is 11.2 Å². The first-order valence-corrected chi connectivity index (χ1v) is 6.84. The quantitative estimate of drug-likeness (QED) is 0.835. The van der Waals surface area contributed by atoms with Crippen LogP contribution in [-0.2, 0) is 6.54 Å². The van der Waals surface area contributed by atoms with Gasteiger partial charge in [0.15, 0.2) is 0 Å². The molecule has 0 spiro atoms. The van der Waals surface area contributed by atoms with Crippen LogP contribution in [-0.4, -0.2) is 21.6 Å². The molecule has 1 aromatic carbocycles. The minimum absolute atomic E-state index is 0.203. The number of fused-ring (bicyclic) bond motifs is 1. The first kappa shape index (κ1) is 12.0. The number of aromatic amines is 1. The predicted molar refractivity (Wildman–Crippen MR) is 71.8 cm³/mol. The summed E-state index contributed by atoms with van der Waals surface area (Å²) >= 11 is 1.71. The van der Waals surface area contributed by atoms with Crippen LogP contribution in [0.1, 0.15) is 6.42 Å². The normalized spacial score (nSPS) is 10.9. The standard InChI is InChI=1S/C12H14N2O2S/c1-17-8-4-7-14-11(15)9-5-2-3-6-10(9)13-12(14)16/h2-3,5-6H,4,7-8H2,1H3,(H,13,16). The maximum atomic E-state index is 12.1. The fourth-order valence-electron chi connectivity index (χ4n) is 1.77. The van der Waals surface area contributed by atoms with E-state index in [0.717, 1.165) is 12.2 Å². The Labute approximate surface area is 103 Å². The van der Waals surface area contributed by atoms with Gasteiger partial charge in [0.05, 0.1) is 10.9 Å². The molecule has 0 atom stereocenters. The fraction of sp³-hybridized carbons (Fsp3) is 0.333. The lowest BCUT2D eigenvalue weighted by atomic mass is 10.2. The largest absolute Gasteiger partial charge is 0.328 e. The highest BCUT2D eigenvalue weighted by molar-refractivity contribution is 7.98. The maximum absolute atomic E-state index is 12.1. The van der Waals surface area contributed by atoms with Crippen molar-refractivity contribution in [2.24, 2.45) is 0 Å². The van der Waals surface area contributed by atoms with Crippen molar-refractivity contribution < 1.29 is 0 Å². The van der Waals surface area contributed by atoms with E-state index in [1.807, 2.05) is 6.26 Å². The molecule has 2 rings (SSSR count). The van der Waals surface area contributed by atoms with Crippen molar-refractivity contribution in [1.82, 2.24) is 9.55 Å². The van der Waals surface area contributed by atoms with Crippen molar-refractivity contribution in [3.8, 4) is 0 Å². The van der Waals surface area contributed by atoms with E-state index in [1.165, 1.54) is 4.57 Å². The number of benzene rings is 1. The summed E-state index contributed by atoms with van der Waals surface area (Å²) in [6.45, 7) is 0.472. The van der Waals surface area contributed by atoms with Crippen LogP contribution in [0.2, 0.25) is 0 Å². The Bertz CT molecular complexity index is 630. The molecule has 0 saturated heterocycles. The Hall–Kier alpha value is -1.49. The van der Waals surface area contributed by atoms with Crippen molar-refractivity contribution in [2.45, 2.75) is 13.0 Å².